The summed E-state index contributed by atoms with van der Waals surface area (Å²) in [5, 5.41) is 7.51. The molecule has 5 heterocycles. The van der Waals surface area contributed by atoms with Gasteiger partial charge in [0, 0.05) is 60.2 Å². The maximum Gasteiger partial charge on any atom is 0.261 e. The van der Waals surface area contributed by atoms with E-state index in [1.165, 1.54) is 12.1 Å². The van der Waals surface area contributed by atoms with Crippen LogP contribution in [0.15, 0.2) is 67.1 Å². The minimum Gasteiger partial charge on any atom is -0.335 e. The molecule has 0 aliphatic carbocycles. The summed E-state index contributed by atoms with van der Waals surface area (Å²) < 4.78 is 57.1. The Morgan fingerprint density at radius 3 is 2.65 bits per heavy atom. The number of H-pyrrole nitrogens is 2. The molecule has 0 amide bonds. The minimum absolute atomic E-state index is 0.130. The van der Waals surface area contributed by atoms with E-state index in [-0.39, 0.29) is 24.3 Å². The largest absolute Gasteiger partial charge is 0.335 e. The van der Waals surface area contributed by atoms with E-state index in [9.17, 15) is 13.2 Å². The van der Waals surface area contributed by atoms with E-state index < -0.39 is 11.7 Å². The van der Waals surface area contributed by atoms with Crippen molar-refractivity contribution in [1.29, 1.82) is 0 Å². The summed E-state index contributed by atoms with van der Waals surface area (Å²) in [6, 6.07) is 13.1. The Balaban J connectivity index is 1.28. The number of nitrogens with one attached hydrogen (secondary N) is 2. The summed E-state index contributed by atoms with van der Waals surface area (Å²) in [7, 11) is 0. The molecule has 0 atom stereocenters. The molecule has 4 aromatic heterocycles. The fraction of sp³-hybridized carbons (Fsp3) is 0.172. The summed E-state index contributed by atoms with van der Waals surface area (Å²) >= 11 is 0. The molecule has 0 bridgehead atoms. The van der Waals surface area contributed by atoms with Crippen molar-refractivity contribution in [2.24, 2.45) is 0 Å². The molecular formula is C29H21F4N7. The number of halogens is 4. The first-order valence-corrected chi connectivity index (χ1v) is 12.7. The molecule has 7 nitrogen and oxygen atoms in total. The van der Waals surface area contributed by atoms with E-state index in [1.54, 1.807) is 53.8 Å². The number of alkyl halides is 2. The lowest BCUT2D eigenvalue weighted by atomic mass is 10.0. The van der Waals surface area contributed by atoms with Crippen molar-refractivity contribution in [1.82, 2.24) is 35.0 Å². The Hall–Kier alpha value is -4.64. The molecule has 0 radical (unpaired) electrons. The van der Waals surface area contributed by atoms with Crippen molar-refractivity contribution in [2.45, 2.75) is 18.9 Å². The number of hydrogen-bond acceptors (Lipinski definition) is 5. The van der Waals surface area contributed by atoms with Crippen molar-refractivity contribution in [2.75, 3.05) is 13.1 Å². The van der Waals surface area contributed by atoms with Crippen LogP contribution in [0.25, 0.3) is 55.8 Å². The van der Waals surface area contributed by atoms with Crippen LogP contribution in [0.5, 0.6) is 0 Å². The van der Waals surface area contributed by atoms with Gasteiger partial charge in [0.05, 0.1) is 12.1 Å². The van der Waals surface area contributed by atoms with Crippen molar-refractivity contribution >= 4 is 22.1 Å². The van der Waals surface area contributed by atoms with Gasteiger partial charge >= 0.3 is 0 Å². The lowest BCUT2D eigenvalue weighted by Crippen LogP contribution is -2.24. The van der Waals surface area contributed by atoms with Crippen LogP contribution >= 0.6 is 0 Å². The van der Waals surface area contributed by atoms with Gasteiger partial charge in [-0.2, -0.15) is 5.10 Å². The molecule has 200 valence electrons. The third-order valence-electron chi connectivity index (χ3n) is 7.19. The van der Waals surface area contributed by atoms with Crippen LogP contribution in [-0.4, -0.2) is 54.0 Å². The quantitative estimate of drug-likeness (QED) is 0.248. The van der Waals surface area contributed by atoms with E-state index in [1.807, 2.05) is 6.07 Å². The molecular weight excluding hydrogens is 522 g/mol. The van der Waals surface area contributed by atoms with Crippen LogP contribution in [0.2, 0.25) is 0 Å². The number of aromatic nitrogens is 6. The molecule has 1 fully saturated rings. The summed E-state index contributed by atoms with van der Waals surface area (Å²) in [6.45, 7) is 0.344. The summed E-state index contributed by atoms with van der Waals surface area (Å²) in [4.78, 5) is 18.1. The zero-order chi connectivity index (χ0) is 27.4. The number of hydrogen-bond donors (Lipinski definition) is 2. The van der Waals surface area contributed by atoms with E-state index in [0.717, 1.165) is 5.56 Å². The summed E-state index contributed by atoms with van der Waals surface area (Å²) in [6.07, 6.45) is 4.63. The van der Waals surface area contributed by atoms with Gasteiger partial charge in [0.2, 0.25) is 0 Å². The molecule has 0 unspecified atom stereocenters. The Kier molecular flexibility index (Phi) is 5.63. The number of rotatable bonds is 5. The maximum absolute atomic E-state index is 15.2. The minimum atomic E-state index is -2.68. The van der Waals surface area contributed by atoms with E-state index in [0.29, 0.717) is 63.4 Å². The third-order valence-corrected chi connectivity index (χ3v) is 7.19. The molecule has 11 heteroatoms. The highest BCUT2D eigenvalue weighted by Gasteiger charge is 2.37. The second-order valence-electron chi connectivity index (χ2n) is 9.97. The molecule has 1 saturated heterocycles. The molecule has 0 saturated carbocycles. The average molecular weight is 544 g/mol. The van der Waals surface area contributed by atoms with Crippen LogP contribution in [0.3, 0.4) is 0 Å². The van der Waals surface area contributed by atoms with Crippen LogP contribution in [0.1, 0.15) is 12.0 Å². The molecule has 1 aliphatic heterocycles. The van der Waals surface area contributed by atoms with E-state index >= 15 is 4.39 Å². The first kappa shape index (κ1) is 24.4. The number of imidazole rings is 1. The molecule has 7 rings (SSSR count). The first-order chi connectivity index (χ1) is 19.3. The van der Waals surface area contributed by atoms with Gasteiger partial charge in [-0.1, -0.05) is 18.2 Å². The van der Waals surface area contributed by atoms with Crippen LogP contribution in [0.4, 0.5) is 17.6 Å². The smallest absolute Gasteiger partial charge is 0.261 e. The Bertz CT molecular complexity index is 1890. The normalized spacial score (nSPS) is 15.4. The number of pyridine rings is 2. The Morgan fingerprint density at radius 1 is 0.950 bits per heavy atom. The Labute approximate surface area is 224 Å². The summed E-state index contributed by atoms with van der Waals surface area (Å²) in [5.74, 6) is -3.23. The van der Waals surface area contributed by atoms with Gasteiger partial charge in [-0.25, -0.2) is 27.5 Å². The molecule has 1 aliphatic rings. The van der Waals surface area contributed by atoms with Gasteiger partial charge < -0.3 is 4.98 Å². The monoisotopic (exact) mass is 543 g/mol. The van der Waals surface area contributed by atoms with Crippen LogP contribution in [0, 0.1) is 11.6 Å². The second kappa shape index (κ2) is 9.23. The van der Waals surface area contributed by atoms with Crippen molar-refractivity contribution in [3.8, 4) is 33.8 Å². The number of nitrogens with zero attached hydrogens (tertiary/aromatic N) is 5. The number of likely N-dealkylation sites (tertiary alicyclic amines) is 1. The van der Waals surface area contributed by atoms with Crippen LogP contribution < -0.4 is 0 Å². The number of fused-ring (bicyclic) bond motifs is 2. The highest BCUT2D eigenvalue weighted by Crippen LogP contribution is 2.35. The average Bonchev–Trinajstić information content (AvgIpc) is 3.65. The van der Waals surface area contributed by atoms with E-state index in [4.69, 9.17) is 0 Å². The fourth-order valence-corrected chi connectivity index (χ4v) is 5.29. The molecule has 2 aromatic carbocycles. The highest BCUT2D eigenvalue weighted by atomic mass is 19.3. The summed E-state index contributed by atoms with van der Waals surface area (Å²) in [5.41, 5.74) is 4.42. The van der Waals surface area contributed by atoms with Crippen molar-refractivity contribution in [3.63, 3.8) is 0 Å². The van der Waals surface area contributed by atoms with Gasteiger partial charge in [0.25, 0.3) is 5.92 Å². The standard InChI is InChI=1S/C29H21F4N7/c30-22-4-2-1-3-19(22)20-5-7-35-27-25(20)36-28(37-27)26-21-10-17(11-23(31)24(21)38-39-26)18-9-16(12-34-13-18)14-40-8-6-29(32,33)15-40/h1-5,7,9-13H,6,8,14-15H2,(H,38,39)(H,35,36,37). The fourth-order valence-electron chi connectivity index (χ4n) is 5.29. The number of benzene rings is 2. The SMILES string of the molecule is Fc1ccccc1-c1ccnc2nc(-c3[nH]nc4c(F)cc(-c5cncc(CN6CCC(F)(F)C6)c5)cc34)[nH]c12. The first-order valence-electron chi connectivity index (χ1n) is 12.7. The molecule has 2 N–H and O–H groups in total. The predicted octanol–water partition coefficient (Wildman–Crippen LogP) is 6.35. The molecule has 6 aromatic rings. The predicted molar refractivity (Wildman–Crippen MR) is 142 cm³/mol. The van der Waals surface area contributed by atoms with Gasteiger partial charge in [0.15, 0.2) is 17.3 Å². The molecule has 40 heavy (non-hydrogen) atoms. The van der Waals surface area contributed by atoms with Gasteiger partial charge in [-0.15, -0.1) is 0 Å². The van der Waals surface area contributed by atoms with Crippen molar-refractivity contribution in [3.05, 3.63) is 84.3 Å². The number of aromatic amines is 2. The zero-order valence-electron chi connectivity index (χ0n) is 20.9. The molecule has 0 spiro atoms. The maximum atomic E-state index is 15.2. The van der Waals surface area contributed by atoms with Gasteiger partial charge in [-0.3, -0.25) is 15.0 Å². The topological polar surface area (TPSA) is 86.4 Å². The van der Waals surface area contributed by atoms with Crippen LogP contribution in [-0.2, 0) is 6.54 Å². The van der Waals surface area contributed by atoms with Crippen molar-refractivity contribution < 1.29 is 17.6 Å². The third kappa shape index (κ3) is 4.28. The van der Waals surface area contributed by atoms with Gasteiger partial charge in [0.1, 0.15) is 17.0 Å². The second-order valence-corrected chi connectivity index (χ2v) is 9.97. The van der Waals surface area contributed by atoms with E-state index in [2.05, 4.69) is 30.1 Å². The lowest BCUT2D eigenvalue weighted by Gasteiger charge is -2.15. The Morgan fingerprint density at radius 2 is 1.82 bits per heavy atom. The van der Waals surface area contributed by atoms with Gasteiger partial charge in [-0.05, 0) is 41.5 Å². The highest BCUT2D eigenvalue weighted by molar-refractivity contribution is 5.97. The lowest BCUT2D eigenvalue weighted by molar-refractivity contribution is 0.0115. The zero-order valence-corrected chi connectivity index (χ0v) is 20.9.